The molecule has 34 heavy (non-hydrogen) atoms. The number of carbonyl (C=O) groups is 3. The summed E-state index contributed by atoms with van der Waals surface area (Å²) in [5.74, 6) is -0.792. The number of hydrogen-bond acceptors (Lipinski definition) is 4. The van der Waals surface area contributed by atoms with Gasteiger partial charge in [0.05, 0.1) is 11.4 Å². The molecule has 5 nitrogen and oxygen atoms in total. The number of carbonyl (C=O) groups excluding carboxylic acids is 3. The fraction of sp³-hybridized carbons (Fsp3) is 0.107. The second-order valence-corrected chi connectivity index (χ2v) is 9.44. The normalized spacial score (nSPS) is 12.9. The summed E-state index contributed by atoms with van der Waals surface area (Å²) >= 11 is 1.49. The van der Waals surface area contributed by atoms with Crippen molar-refractivity contribution >= 4 is 51.6 Å². The lowest BCUT2D eigenvalue weighted by atomic mass is 9.93. The van der Waals surface area contributed by atoms with Gasteiger partial charge in [0.1, 0.15) is 0 Å². The zero-order chi connectivity index (χ0) is 24.0. The number of nitrogens with one attached hydrogen (secondary N) is 1. The molecule has 168 valence electrons. The minimum Gasteiger partial charge on any atom is -0.325 e. The quantitative estimate of drug-likeness (QED) is 0.355. The van der Waals surface area contributed by atoms with Crippen molar-refractivity contribution < 1.29 is 14.4 Å². The summed E-state index contributed by atoms with van der Waals surface area (Å²) < 4.78 is 0. The highest BCUT2D eigenvalue weighted by Gasteiger charge is 2.35. The van der Waals surface area contributed by atoms with Crippen LogP contribution in [0.15, 0.2) is 82.6 Å². The van der Waals surface area contributed by atoms with Crippen LogP contribution in [0.25, 0.3) is 10.8 Å². The van der Waals surface area contributed by atoms with Gasteiger partial charge in [-0.1, -0.05) is 53.7 Å². The van der Waals surface area contributed by atoms with E-state index in [-0.39, 0.29) is 17.7 Å². The Morgan fingerprint density at radius 3 is 2.29 bits per heavy atom. The minimum absolute atomic E-state index is 0.146. The maximum atomic E-state index is 13.5. The first-order chi connectivity index (χ1) is 16.3. The van der Waals surface area contributed by atoms with Crippen LogP contribution in [0, 0.1) is 13.8 Å². The Morgan fingerprint density at radius 1 is 0.824 bits per heavy atom. The lowest BCUT2D eigenvalue weighted by Crippen LogP contribution is -2.40. The summed E-state index contributed by atoms with van der Waals surface area (Å²) in [5.41, 5.74) is 4.27. The summed E-state index contributed by atoms with van der Waals surface area (Å²) in [7, 11) is 0. The maximum Gasteiger partial charge on any atom is 0.265 e. The standard InChI is InChI=1S/C28H22N2O3S/c1-16-11-13-23(17(2)15-16)30-27(32)20-8-6-7-19-24(14-12-21(26(19)20)28(30)33)34-25-10-5-4-9-22(25)29-18(3)31/h4-15H,1-3H3,(H,29,31). The van der Waals surface area contributed by atoms with Crippen molar-refractivity contribution in [2.24, 2.45) is 0 Å². The molecule has 4 aromatic carbocycles. The molecule has 0 radical (unpaired) electrons. The molecule has 6 heteroatoms. The van der Waals surface area contributed by atoms with Gasteiger partial charge in [0.15, 0.2) is 0 Å². The topological polar surface area (TPSA) is 66.5 Å². The van der Waals surface area contributed by atoms with Crippen LogP contribution in [0.2, 0.25) is 0 Å². The number of rotatable bonds is 4. The van der Waals surface area contributed by atoms with E-state index in [0.717, 1.165) is 26.3 Å². The Labute approximate surface area is 201 Å². The van der Waals surface area contributed by atoms with E-state index in [4.69, 9.17) is 0 Å². The van der Waals surface area contributed by atoms with Gasteiger partial charge in [-0.3, -0.25) is 14.4 Å². The average Bonchev–Trinajstić information content (AvgIpc) is 2.80. The van der Waals surface area contributed by atoms with Crippen molar-refractivity contribution in [3.8, 4) is 0 Å². The van der Waals surface area contributed by atoms with E-state index in [0.29, 0.717) is 27.9 Å². The smallest absolute Gasteiger partial charge is 0.265 e. The van der Waals surface area contributed by atoms with E-state index < -0.39 is 0 Å². The SMILES string of the molecule is CC(=O)Nc1ccccc1Sc1ccc2c3c(cccc13)C(=O)N(c1ccc(C)cc1C)C2=O. The first-order valence-electron chi connectivity index (χ1n) is 10.9. The second-order valence-electron chi connectivity index (χ2n) is 8.35. The highest BCUT2D eigenvalue weighted by Crippen LogP contribution is 2.41. The van der Waals surface area contributed by atoms with Crippen molar-refractivity contribution in [2.45, 2.75) is 30.6 Å². The van der Waals surface area contributed by atoms with Gasteiger partial charge in [-0.15, -0.1) is 0 Å². The molecular formula is C28H22N2O3S. The lowest BCUT2D eigenvalue weighted by Gasteiger charge is -2.29. The summed E-state index contributed by atoms with van der Waals surface area (Å²) in [6.07, 6.45) is 0. The molecule has 0 unspecified atom stereocenters. The third kappa shape index (κ3) is 3.66. The Bertz CT molecular complexity index is 1490. The first-order valence-corrected chi connectivity index (χ1v) is 11.7. The van der Waals surface area contributed by atoms with Crippen LogP contribution in [-0.2, 0) is 4.79 Å². The third-order valence-corrected chi connectivity index (χ3v) is 7.03. The highest BCUT2D eigenvalue weighted by molar-refractivity contribution is 7.99. The number of amides is 3. The number of para-hydroxylation sites is 1. The molecule has 4 aromatic rings. The zero-order valence-corrected chi connectivity index (χ0v) is 19.8. The van der Waals surface area contributed by atoms with Gasteiger partial charge < -0.3 is 5.32 Å². The van der Waals surface area contributed by atoms with E-state index in [1.807, 2.05) is 74.5 Å². The predicted molar refractivity (Wildman–Crippen MR) is 136 cm³/mol. The molecule has 1 aliphatic rings. The Morgan fingerprint density at radius 2 is 1.56 bits per heavy atom. The molecule has 0 atom stereocenters. The van der Waals surface area contributed by atoms with Crippen LogP contribution in [0.5, 0.6) is 0 Å². The molecule has 1 heterocycles. The maximum absolute atomic E-state index is 13.5. The van der Waals surface area contributed by atoms with Gasteiger partial charge in [-0.05, 0) is 61.2 Å². The molecule has 0 bridgehead atoms. The molecule has 0 aromatic heterocycles. The number of nitrogens with zero attached hydrogens (tertiary/aromatic N) is 1. The Balaban J connectivity index is 1.62. The summed E-state index contributed by atoms with van der Waals surface area (Å²) in [4.78, 5) is 41.8. The van der Waals surface area contributed by atoms with Crippen LogP contribution >= 0.6 is 11.8 Å². The molecule has 5 rings (SSSR count). The molecular weight excluding hydrogens is 444 g/mol. The van der Waals surface area contributed by atoms with Gasteiger partial charge in [0, 0.05) is 33.2 Å². The van der Waals surface area contributed by atoms with Gasteiger partial charge in [0.25, 0.3) is 11.8 Å². The Hall–Kier alpha value is -3.90. The fourth-order valence-electron chi connectivity index (χ4n) is 4.40. The van der Waals surface area contributed by atoms with Crippen molar-refractivity contribution in [3.05, 3.63) is 95.1 Å². The summed E-state index contributed by atoms with van der Waals surface area (Å²) in [6, 6.07) is 22.5. The van der Waals surface area contributed by atoms with Crippen LogP contribution in [-0.4, -0.2) is 17.7 Å². The molecule has 0 spiro atoms. The van der Waals surface area contributed by atoms with Crippen LogP contribution in [0.1, 0.15) is 38.8 Å². The van der Waals surface area contributed by atoms with Gasteiger partial charge in [-0.25, -0.2) is 4.90 Å². The van der Waals surface area contributed by atoms with E-state index in [1.54, 1.807) is 12.1 Å². The van der Waals surface area contributed by atoms with E-state index in [1.165, 1.54) is 23.6 Å². The van der Waals surface area contributed by atoms with Gasteiger partial charge >= 0.3 is 0 Å². The number of hydrogen-bond donors (Lipinski definition) is 1. The van der Waals surface area contributed by atoms with E-state index in [9.17, 15) is 14.4 Å². The lowest BCUT2D eigenvalue weighted by molar-refractivity contribution is -0.114. The largest absolute Gasteiger partial charge is 0.325 e. The van der Waals surface area contributed by atoms with Gasteiger partial charge in [-0.2, -0.15) is 0 Å². The van der Waals surface area contributed by atoms with Crippen molar-refractivity contribution in [1.82, 2.24) is 0 Å². The van der Waals surface area contributed by atoms with E-state index >= 15 is 0 Å². The van der Waals surface area contributed by atoms with Crippen LogP contribution in [0.4, 0.5) is 11.4 Å². The molecule has 0 saturated heterocycles. The molecule has 0 fully saturated rings. The first kappa shape index (κ1) is 21.9. The number of anilines is 2. The monoisotopic (exact) mass is 466 g/mol. The van der Waals surface area contributed by atoms with Crippen LogP contribution in [0.3, 0.4) is 0 Å². The van der Waals surface area contributed by atoms with Crippen molar-refractivity contribution in [3.63, 3.8) is 0 Å². The number of aryl methyl sites for hydroxylation is 2. The van der Waals surface area contributed by atoms with E-state index in [2.05, 4.69) is 5.32 Å². The highest BCUT2D eigenvalue weighted by atomic mass is 32.2. The summed E-state index contributed by atoms with van der Waals surface area (Å²) in [6.45, 7) is 5.36. The summed E-state index contributed by atoms with van der Waals surface area (Å²) in [5, 5.41) is 4.36. The second kappa shape index (κ2) is 8.47. The molecule has 0 aliphatic carbocycles. The fourth-order valence-corrected chi connectivity index (χ4v) is 5.43. The third-order valence-electron chi connectivity index (χ3n) is 5.88. The Kier molecular flexibility index (Phi) is 5.46. The van der Waals surface area contributed by atoms with Gasteiger partial charge in [0.2, 0.25) is 5.91 Å². The molecule has 0 saturated carbocycles. The number of imide groups is 1. The average molecular weight is 467 g/mol. The molecule has 1 N–H and O–H groups in total. The molecule has 1 aliphatic heterocycles. The van der Waals surface area contributed by atoms with Crippen LogP contribution < -0.4 is 10.2 Å². The molecule has 3 amide bonds. The van der Waals surface area contributed by atoms with Crippen molar-refractivity contribution in [2.75, 3.05) is 10.2 Å². The predicted octanol–water partition coefficient (Wildman–Crippen LogP) is 6.37. The minimum atomic E-state index is -0.323. The zero-order valence-electron chi connectivity index (χ0n) is 19.0. The van der Waals surface area contributed by atoms with Crippen molar-refractivity contribution in [1.29, 1.82) is 0 Å². The number of benzene rings is 4.